The number of piperidine rings is 1. The lowest BCUT2D eigenvalue weighted by Gasteiger charge is -2.33. The molecule has 2 heteroatoms. The van der Waals surface area contributed by atoms with Crippen molar-refractivity contribution in [3.8, 4) is 0 Å². The van der Waals surface area contributed by atoms with Gasteiger partial charge in [-0.05, 0) is 26.8 Å². The average Bonchev–Trinajstić information content (AvgIpc) is 2.62. The van der Waals surface area contributed by atoms with Crippen LogP contribution in [0.2, 0.25) is 0 Å². The first kappa shape index (κ1) is 6.62. The van der Waals surface area contributed by atoms with Gasteiger partial charge in [0, 0.05) is 12.6 Å². The number of hydrogen-bond donors (Lipinski definition) is 0. The molecule has 2 aliphatic heterocycles. The summed E-state index contributed by atoms with van der Waals surface area (Å²) >= 11 is 0. The largest absolute Gasteiger partial charge is 0.369 e. The van der Waals surface area contributed by atoms with Crippen molar-refractivity contribution in [3.05, 3.63) is 0 Å². The van der Waals surface area contributed by atoms with E-state index in [4.69, 9.17) is 4.74 Å². The van der Waals surface area contributed by atoms with Gasteiger partial charge in [-0.2, -0.15) is 0 Å². The zero-order chi connectivity index (χ0) is 7.19. The summed E-state index contributed by atoms with van der Waals surface area (Å²) in [7, 11) is 2.19. The SMILES string of the molecule is CC1CC2(CCN1C)CO2. The van der Waals surface area contributed by atoms with Gasteiger partial charge in [0.2, 0.25) is 0 Å². The van der Waals surface area contributed by atoms with Crippen LogP contribution < -0.4 is 0 Å². The molecule has 2 unspecified atom stereocenters. The Hall–Kier alpha value is -0.0800. The minimum atomic E-state index is 0.339. The second kappa shape index (κ2) is 1.95. The maximum atomic E-state index is 5.43. The van der Waals surface area contributed by atoms with Gasteiger partial charge in [0.1, 0.15) is 0 Å². The van der Waals surface area contributed by atoms with Crippen LogP contribution in [0.4, 0.5) is 0 Å². The van der Waals surface area contributed by atoms with Crippen molar-refractivity contribution >= 4 is 0 Å². The molecule has 2 fully saturated rings. The second-order valence-electron chi connectivity index (χ2n) is 3.76. The number of ether oxygens (including phenoxy) is 1. The zero-order valence-corrected chi connectivity index (χ0v) is 6.76. The normalized spacial score (nSPS) is 48.0. The summed E-state index contributed by atoms with van der Waals surface area (Å²) in [5.74, 6) is 0. The summed E-state index contributed by atoms with van der Waals surface area (Å²) in [4.78, 5) is 2.41. The van der Waals surface area contributed by atoms with Gasteiger partial charge < -0.3 is 9.64 Å². The molecule has 0 amide bonds. The Morgan fingerprint density at radius 1 is 1.60 bits per heavy atom. The molecule has 2 heterocycles. The third-order valence-electron chi connectivity index (χ3n) is 2.89. The highest BCUT2D eigenvalue weighted by Gasteiger charge is 2.48. The third-order valence-corrected chi connectivity index (χ3v) is 2.89. The summed E-state index contributed by atoms with van der Waals surface area (Å²) < 4.78 is 5.43. The molecule has 0 aliphatic carbocycles. The van der Waals surface area contributed by atoms with Crippen molar-refractivity contribution in [2.24, 2.45) is 0 Å². The number of likely N-dealkylation sites (tertiary alicyclic amines) is 1. The molecular weight excluding hydrogens is 126 g/mol. The average molecular weight is 141 g/mol. The predicted molar refractivity (Wildman–Crippen MR) is 40.0 cm³/mol. The Morgan fingerprint density at radius 3 is 2.80 bits per heavy atom. The minimum absolute atomic E-state index is 0.339. The van der Waals surface area contributed by atoms with E-state index in [1.54, 1.807) is 0 Å². The Morgan fingerprint density at radius 2 is 2.30 bits per heavy atom. The fourth-order valence-electron chi connectivity index (χ4n) is 1.76. The maximum absolute atomic E-state index is 5.43. The van der Waals surface area contributed by atoms with Crippen LogP contribution >= 0.6 is 0 Å². The van der Waals surface area contributed by atoms with Crippen LogP contribution in [0.25, 0.3) is 0 Å². The number of rotatable bonds is 0. The molecule has 0 aromatic rings. The van der Waals surface area contributed by atoms with E-state index < -0.39 is 0 Å². The highest BCUT2D eigenvalue weighted by molar-refractivity contribution is 4.98. The van der Waals surface area contributed by atoms with Crippen molar-refractivity contribution in [1.29, 1.82) is 0 Å². The molecule has 2 atom stereocenters. The van der Waals surface area contributed by atoms with Gasteiger partial charge in [0.05, 0.1) is 12.2 Å². The highest BCUT2D eigenvalue weighted by atomic mass is 16.6. The van der Waals surface area contributed by atoms with Crippen LogP contribution in [0.15, 0.2) is 0 Å². The Bertz CT molecular complexity index is 142. The van der Waals surface area contributed by atoms with Crippen LogP contribution in [-0.2, 0) is 4.74 Å². The van der Waals surface area contributed by atoms with Gasteiger partial charge in [-0.3, -0.25) is 0 Å². The molecule has 2 rings (SSSR count). The van der Waals surface area contributed by atoms with Crippen molar-refractivity contribution in [3.63, 3.8) is 0 Å². The van der Waals surface area contributed by atoms with E-state index in [0.717, 1.165) is 12.6 Å². The fraction of sp³-hybridized carbons (Fsp3) is 1.00. The molecule has 2 saturated heterocycles. The smallest absolute Gasteiger partial charge is 0.0943 e. The van der Waals surface area contributed by atoms with Gasteiger partial charge in [-0.25, -0.2) is 0 Å². The van der Waals surface area contributed by atoms with E-state index in [1.165, 1.54) is 19.4 Å². The molecule has 0 N–H and O–H groups in total. The van der Waals surface area contributed by atoms with Crippen LogP contribution in [0.5, 0.6) is 0 Å². The van der Waals surface area contributed by atoms with E-state index in [9.17, 15) is 0 Å². The summed E-state index contributed by atoms with van der Waals surface area (Å²) in [6, 6.07) is 0.719. The van der Waals surface area contributed by atoms with Crippen LogP contribution in [0.1, 0.15) is 19.8 Å². The van der Waals surface area contributed by atoms with E-state index in [-0.39, 0.29) is 0 Å². The van der Waals surface area contributed by atoms with Crippen molar-refractivity contribution in [2.45, 2.75) is 31.4 Å². The number of nitrogens with zero attached hydrogens (tertiary/aromatic N) is 1. The van der Waals surface area contributed by atoms with E-state index in [1.807, 2.05) is 0 Å². The van der Waals surface area contributed by atoms with Crippen molar-refractivity contribution in [1.82, 2.24) is 4.90 Å². The molecule has 1 spiro atoms. The zero-order valence-electron chi connectivity index (χ0n) is 6.76. The molecule has 0 bridgehead atoms. The van der Waals surface area contributed by atoms with Crippen LogP contribution in [0, 0.1) is 0 Å². The maximum Gasteiger partial charge on any atom is 0.0943 e. The van der Waals surface area contributed by atoms with E-state index >= 15 is 0 Å². The number of epoxide rings is 1. The van der Waals surface area contributed by atoms with Gasteiger partial charge in [-0.1, -0.05) is 0 Å². The second-order valence-corrected chi connectivity index (χ2v) is 3.76. The molecule has 0 saturated carbocycles. The molecule has 2 aliphatic rings. The molecule has 0 radical (unpaired) electrons. The summed E-state index contributed by atoms with van der Waals surface area (Å²) in [5.41, 5.74) is 0.339. The molecule has 0 aromatic heterocycles. The monoisotopic (exact) mass is 141 g/mol. The molecular formula is C8H15NO. The standard InChI is InChI=1S/C8H15NO/c1-7-5-8(6-10-8)3-4-9(7)2/h7H,3-6H2,1-2H3. The quantitative estimate of drug-likeness (QED) is 0.465. The molecule has 2 nitrogen and oxygen atoms in total. The lowest BCUT2D eigenvalue weighted by atomic mass is 9.93. The van der Waals surface area contributed by atoms with Crippen molar-refractivity contribution in [2.75, 3.05) is 20.2 Å². The first-order valence-corrected chi connectivity index (χ1v) is 4.06. The lowest BCUT2D eigenvalue weighted by molar-refractivity contribution is 0.120. The third kappa shape index (κ3) is 0.956. The summed E-state index contributed by atoms with van der Waals surface area (Å²) in [6.07, 6.45) is 2.48. The van der Waals surface area contributed by atoms with Gasteiger partial charge in [-0.15, -0.1) is 0 Å². The van der Waals surface area contributed by atoms with Crippen molar-refractivity contribution < 1.29 is 4.74 Å². The number of hydrogen-bond acceptors (Lipinski definition) is 2. The first-order valence-electron chi connectivity index (χ1n) is 4.06. The highest BCUT2D eigenvalue weighted by Crippen LogP contribution is 2.39. The topological polar surface area (TPSA) is 15.8 Å². The van der Waals surface area contributed by atoms with E-state index in [2.05, 4.69) is 18.9 Å². The van der Waals surface area contributed by atoms with Crippen LogP contribution in [0.3, 0.4) is 0 Å². The Labute approximate surface area is 62.2 Å². The predicted octanol–water partition coefficient (Wildman–Crippen LogP) is 0.869. The van der Waals surface area contributed by atoms with Gasteiger partial charge in [0.25, 0.3) is 0 Å². The molecule has 0 aromatic carbocycles. The summed E-state index contributed by atoms with van der Waals surface area (Å²) in [6.45, 7) is 4.51. The molecule has 58 valence electrons. The van der Waals surface area contributed by atoms with Gasteiger partial charge >= 0.3 is 0 Å². The minimum Gasteiger partial charge on any atom is -0.369 e. The van der Waals surface area contributed by atoms with Crippen LogP contribution in [-0.4, -0.2) is 36.7 Å². The summed E-state index contributed by atoms with van der Waals surface area (Å²) in [5, 5.41) is 0. The Kier molecular flexibility index (Phi) is 1.29. The van der Waals surface area contributed by atoms with E-state index in [0.29, 0.717) is 5.60 Å². The fourth-order valence-corrected chi connectivity index (χ4v) is 1.76. The first-order chi connectivity index (χ1) is 4.72. The lowest BCUT2D eigenvalue weighted by Crippen LogP contribution is -2.41. The van der Waals surface area contributed by atoms with Gasteiger partial charge in [0.15, 0.2) is 0 Å². The Balaban J connectivity index is 1.98. The molecule has 10 heavy (non-hydrogen) atoms.